The van der Waals surface area contributed by atoms with E-state index in [0.29, 0.717) is 21.5 Å². The van der Waals surface area contributed by atoms with Crippen LogP contribution < -0.4 is 5.32 Å². The predicted molar refractivity (Wildman–Crippen MR) is 80.1 cm³/mol. The lowest BCUT2D eigenvalue weighted by molar-refractivity contribution is 0.100. The van der Waals surface area contributed by atoms with E-state index >= 15 is 0 Å². The molecule has 104 valence electrons. The number of H-pyrrole nitrogens is 1. The molecule has 2 N–H and O–H groups in total. The van der Waals surface area contributed by atoms with Gasteiger partial charge in [-0.15, -0.1) is 0 Å². The number of Topliss-reactive ketones (excluding diaryl/α,β-unsaturated/α-hetero) is 1. The van der Waals surface area contributed by atoms with Crippen LogP contribution in [0.2, 0.25) is 0 Å². The first kappa shape index (κ1) is 14.5. The standard InChI is InChI=1S/C14H14BrN3O2/c1-3-9-6-4-5-7-10(9)14(20)16-13-11(15)12(8(2)19)17-18-13/h4-7H,3H2,1-2H3,(H2,16,17,18,20). The largest absolute Gasteiger partial charge is 0.304 e. The molecule has 1 aromatic heterocycles. The number of benzene rings is 1. The van der Waals surface area contributed by atoms with Gasteiger partial charge in [0.2, 0.25) is 0 Å². The first-order valence-electron chi connectivity index (χ1n) is 6.18. The summed E-state index contributed by atoms with van der Waals surface area (Å²) < 4.78 is 0.465. The van der Waals surface area contributed by atoms with Gasteiger partial charge in [-0.2, -0.15) is 5.10 Å². The summed E-state index contributed by atoms with van der Waals surface area (Å²) in [6.07, 6.45) is 0.768. The second-order valence-corrected chi connectivity index (χ2v) is 5.08. The summed E-state index contributed by atoms with van der Waals surface area (Å²) in [7, 11) is 0. The number of nitrogens with one attached hydrogen (secondary N) is 2. The van der Waals surface area contributed by atoms with Gasteiger partial charge in [0.05, 0.1) is 4.47 Å². The molecule has 0 unspecified atom stereocenters. The number of halogens is 1. The Balaban J connectivity index is 2.26. The number of anilines is 1. The van der Waals surface area contributed by atoms with Crippen molar-refractivity contribution in [3.63, 3.8) is 0 Å². The Labute approximate surface area is 124 Å². The topological polar surface area (TPSA) is 74.8 Å². The molecule has 5 nitrogen and oxygen atoms in total. The summed E-state index contributed by atoms with van der Waals surface area (Å²) in [5, 5.41) is 9.23. The van der Waals surface area contributed by atoms with E-state index in [4.69, 9.17) is 0 Å². The summed E-state index contributed by atoms with van der Waals surface area (Å²) in [5.41, 5.74) is 1.90. The summed E-state index contributed by atoms with van der Waals surface area (Å²) >= 11 is 3.26. The van der Waals surface area contributed by atoms with Gasteiger partial charge in [-0.25, -0.2) is 0 Å². The molecule has 0 aliphatic carbocycles. The SMILES string of the molecule is CCc1ccccc1C(=O)Nc1n[nH]c(C(C)=O)c1Br. The Morgan fingerprint density at radius 3 is 2.65 bits per heavy atom. The van der Waals surface area contributed by atoms with Crippen molar-refractivity contribution in [1.29, 1.82) is 0 Å². The van der Waals surface area contributed by atoms with E-state index in [2.05, 4.69) is 31.4 Å². The number of carbonyl (C=O) groups excluding carboxylic acids is 2. The molecule has 6 heteroatoms. The molecule has 1 heterocycles. The minimum atomic E-state index is -0.246. The van der Waals surface area contributed by atoms with Crippen LogP contribution in [-0.4, -0.2) is 21.9 Å². The zero-order valence-corrected chi connectivity index (χ0v) is 12.7. The van der Waals surface area contributed by atoms with E-state index < -0.39 is 0 Å². The molecule has 0 fully saturated rings. The number of amides is 1. The van der Waals surface area contributed by atoms with Crippen LogP contribution >= 0.6 is 15.9 Å². The average Bonchev–Trinajstić information content (AvgIpc) is 2.80. The first-order valence-corrected chi connectivity index (χ1v) is 6.98. The van der Waals surface area contributed by atoms with Crippen molar-refractivity contribution in [2.45, 2.75) is 20.3 Å². The lowest BCUT2D eigenvalue weighted by Gasteiger charge is -2.07. The van der Waals surface area contributed by atoms with E-state index in [9.17, 15) is 9.59 Å². The number of nitrogens with zero attached hydrogens (tertiary/aromatic N) is 1. The van der Waals surface area contributed by atoms with Gasteiger partial charge in [0.15, 0.2) is 11.6 Å². The normalized spacial score (nSPS) is 10.3. The van der Waals surface area contributed by atoms with Crippen LogP contribution in [0, 0.1) is 0 Å². The van der Waals surface area contributed by atoms with E-state index in [1.54, 1.807) is 6.07 Å². The van der Waals surface area contributed by atoms with Crippen LogP contribution in [0.25, 0.3) is 0 Å². The Morgan fingerprint density at radius 2 is 2.05 bits per heavy atom. The fraction of sp³-hybridized carbons (Fsp3) is 0.214. The van der Waals surface area contributed by atoms with Crippen LogP contribution in [0.4, 0.5) is 5.82 Å². The van der Waals surface area contributed by atoms with E-state index in [0.717, 1.165) is 12.0 Å². The zero-order valence-electron chi connectivity index (χ0n) is 11.2. The van der Waals surface area contributed by atoms with Crippen molar-refractivity contribution in [3.8, 4) is 0 Å². The Bertz CT molecular complexity index is 664. The highest BCUT2D eigenvalue weighted by atomic mass is 79.9. The molecule has 2 rings (SSSR count). The van der Waals surface area contributed by atoms with Crippen LogP contribution in [-0.2, 0) is 6.42 Å². The van der Waals surface area contributed by atoms with E-state index in [-0.39, 0.29) is 11.7 Å². The second kappa shape index (κ2) is 6.00. The van der Waals surface area contributed by atoms with Crippen molar-refractivity contribution in [3.05, 3.63) is 45.6 Å². The molecule has 0 saturated carbocycles. The van der Waals surface area contributed by atoms with Gasteiger partial charge in [0.25, 0.3) is 5.91 Å². The molecule has 0 aliphatic heterocycles. The molecule has 2 aromatic rings. The summed E-state index contributed by atoms with van der Waals surface area (Å²) in [4.78, 5) is 23.6. The number of ketones is 1. The molecule has 0 aliphatic rings. The number of carbonyl (C=O) groups is 2. The molecule has 0 atom stereocenters. The molecule has 0 bridgehead atoms. The van der Waals surface area contributed by atoms with Gasteiger partial charge >= 0.3 is 0 Å². The zero-order chi connectivity index (χ0) is 14.7. The summed E-state index contributed by atoms with van der Waals surface area (Å²) in [6.45, 7) is 3.42. The van der Waals surface area contributed by atoms with Gasteiger partial charge in [-0.3, -0.25) is 14.7 Å². The third-order valence-corrected chi connectivity index (χ3v) is 3.71. The minimum Gasteiger partial charge on any atom is -0.304 e. The van der Waals surface area contributed by atoms with Crippen LogP contribution in [0.5, 0.6) is 0 Å². The maximum atomic E-state index is 12.3. The lowest BCUT2D eigenvalue weighted by atomic mass is 10.0. The van der Waals surface area contributed by atoms with Crippen LogP contribution in [0.15, 0.2) is 28.7 Å². The van der Waals surface area contributed by atoms with Gasteiger partial charge < -0.3 is 5.32 Å². The third kappa shape index (κ3) is 2.80. The minimum absolute atomic E-state index is 0.154. The molecular formula is C14H14BrN3O2. The number of hydrogen-bond donors (Lipinski definition) is 2. The Hall–Kier alpha value is -1.95. The summed E-state index contributed by atoms with van der Waals surface area (Å²) in [5.74, 6) is -0.0882. The van der Waals surface area contributed by atoms with Gasteiger partial charge in [0, 0.05) is 12.5 Å². The highest BCUT2D eigenvalue weighted by Crippen LogP contribution is 2.24. The number of hydrogen-bond acceptors (Lipinski definition) is 3. The van der Waals surface area contributed by atoms with E-state index in [1.165, 1.54) is 6.92 Å². The predicted octanol–water partition coefficient (Wildman–Crippen LogP) is 3.19. The number of rotatable bonds is 4. The first-order chi connectivity index (χ1) is 9.54. The monoisotopic (exact) mass is 335 g/mol. The molecule has 0 radical (unpaired) electrons. The van der Waals surface area contributed by atoms with Gasteiger partial charge in [0.1, 0.15) is 5.69 Å². The van der Waals surface area contributed by atoms with E-state index in [1.807, 2.05) is 25.1 Å². The number of aromatic amines is 1. The average molecular weight is 336 g/mol. The molecule has 0 saturated heterocycles. The molecule has 1 aromatic carbocycles. The Kier molecular flexibility index (Phi) is 4.34. The third-order valence-electron chi connectivity index (χ3n) is 2.93. The fourth-order valence-corrected chi connectivity index (χ4v) is 2.43. The number of aromatic nitrogens is 2. The smallest absolute Gasteiger partial charge is 0.257 e. The quantitative estimate of drug-likeness (QED) is 0.842. The Morgan fingerprint density at radius 1 is 1.35 bits per heavy atom. The summed E-state index contributed by atoms with van der Waals surface area (Å²) in [6, 6.07) is 7.39. The van der Waals surface area contributed by atoms with Crippen LogP contribution in [0.1, 0.15) is 40.3 Å². The highest BCUT2D eigenvalue weighted by Gasteiger charge is 2.17. The lowest BCUT2D eigenvalue weighted by Crippen LogP contribution is -2.14. The highest BCUT2D eigenvalue weighted by molar-refractivity contribution is 9.10. The molecule has 1 amide bonds. The number of aryl methyl sites for hydroxylation is 1. The maximum Gasteiger partial charge on any atom is 0.257 e. The van der Waals surface area contributed by atoms with Crippen molar-refractivity contribution in [2.24, 2.45) is 0 Å². The van der Waals surface area contributed by atoms with Gasteiger partial charge in [-0.05, 0) is 34.0 Å². The van der Waals surface area contributed by atoms with Crippen molar-refractivity contribution >= 4 is 33.4 Å². The van der Waals surface area contributed by atoms with Crippen molar-refractivity contribution in [1.82, 2.24) is 10.2 Å². The molecule has 0 spiro atoms. The van der Waals surface area contributed by atoms with Crippen molar-refractivity contribution in [2.75, 3.05) is 5.32 Å². The fourth-order valence-electron chi connectivity index (χ4n) is 1.87. The second-order valence-electron chi connectivity index (χ2n) is 4.28. The molecular weight excluding hydrogens is 322 g/mol. The van der Waals surface area contributed by atoms with Gasteiger partial charge in [-0.1, -0.05) is 25.1 Å². The van der Waals surface area contributed by atoms with Crippen molar-refractivity contribution < 1.29 is 9.59 Å². The maximum absolute atomic E-state index is 12.3. The molecule has 20 heavy (non-hydrogen) atoms. The van der Waals surface area contributed by atoms with Crippen LogP contribution in [0.3, 0.4) is 0 Å².